The van der Waals surface area contributed by atoms with E-state index < -0.39 is 0 Å². The highest BCUT2D eigenvalue weighted by Gasteiger charge is 2.34. The standard InChI is InChI=1S/C18H25N5O3/c1-18(2,3)10-6-7-13-11(8-10)14(22-26-13)17(25)20-12-9-23(5)21-15(12)16(24)19-4/h9-10H,6-8H2,1-5H3,(H,19,24)(H,20,25). The minimum absolute atomic E-state index is 0.151. The highest BCUT2D eigenvalue weighted by molar-refractivity contribution is 6.08. The van der Waals surface area contributed by atoms with Crippen molar-refractivity contribution < 1.29 is 14.1 Å². The van der Waals surface area contributed by atoms with Crippen LogP contribution in [0.5, 0.6) is 0 Å². The van der Waals surface area contributed by atoms with Crippen molar-refractivity contribution in [3.63, 3.8) is 0 Å². The SMILES string of the molecule is CNC(=O)c1nn(C)cc1NC(=O)c1noc2c1CC(C(C)(C)C)CC2. The van der Waals surface area contributed by atoms with E-state index in [-0.39, 0.29) is 22.9 Å². The molecule has 2 heterocycles. The molecule has 1 aliphatic rings. The summed E-state index contributed by atoms with van der Waals surface area (Å²) in [5.41, 5.74) is 1.82. The Morgan fingerprint density at radius 3 is 2.65 bits per heavy atom. The van der Waals surface area contributed by atoms with Crippen LogP contribution in [-0.4, -0.2) is 33.8 Å². The van der Waals surface area contributed by atoms with Crippen LogP contribution in [0, 0.1) is 11.3 Å². The Morgan fingerprint density at radius 1 is 1.27 bits per heavy atom. The lowest BCUT2D eigenvalue weighted by Crippen LogP contribution is -2.28. The van der Waals surface area contributed by atoms with E-state index in [9.17, 15) is 9.59 Å². The Labute approximate surface area is 152 Å². The van der Waals surface area contributed by atoms with E-state index in [4.69, 9.17) is 4.52 Å². The fourth-order valence-corrected chi connectivity index (χ4v) is 3.37. The first-order valence-corrected chi connectivity index (χ1v) is 8.75. The van der Waals surface area contributed by atoms with Crippen LogP contribution in [0.15, 0.2) is 10.7 Å². The number of hydrogen-bond donors (Lipinski definition) is 2. The number of amides is 2. The summed E-state index contributed by atoms with van der Waals surface area (Å²) in [6.07, 6.45) is 4.16. The Kier molecular flexibility index (Phi) is 4.60. The molecule has 0 saturated heterocycles. The second-order valence-electron chi connectivity index (χ2n) is 7.84. The van der Waals surface area contributed by atoms with Gasteiger partial charge in [-0.1, -0.05) is 25.9 Å². The molecule has 1 unspecified atom stereocenters. The number of nitrogens with one attached hydrogen (secondary N) is 2. The molecule has 1 aliphatic carbocycles. The number of carbonyl (C=O) groups is 2. The lowest BCUT2D eigenvalue weighted by atomic mass is 9.71. The topological polar surface area (TPSA) is 102 Å². The van der Waals surface area contributed by atoms with Gasteiger partial charge in [0.05, 0.1) is 5.69 Å². The van der Waals surface area contributed by atoms with Gasteiger partial charge in [0.15, 0.2) is 11.4 Å². The van der Waals surface area contributed by atoms with E-state index in [2.05, 4.69) is 41.7 Å². The second kappa shape index (κ2) is 6.59. The molecule has 2 aromatic rings. The molecule has 0 fully saturated rings. The Bertz CT molecular complexity index is 844. The highest BCUT2D eigenvalue weighted by atomic mass is 16.5. The fourth-order valence-electron chi connectivity index (χ4n) is 3.37. The highest BCUT2D eigenvalue weighted by Crippen LogP contribution is 2.38. The molecule has 1 atom stereocenters. The van der Waals surface area contributed by atoms with Crippen molar-refractivity contribution in [3.05, 3.63) is 28.9 Å². The van der Waals surface area contributed by atoms with Crippen LogP contribution < -0.4 is 10.6 Å². The molecule has 2 aromatic heterocycles. The predicted octanol–water partition coefficient (Wildman–Crippen LogP) is 2.17. The third-order valence-corrected chi connectivity index (χ3v) is 5.00. The summed E-state index contributed by atoms with van der Waals surface area (Å²) in [7, 11) is 3.21. The number of hydrogen-bond acceptors (Lipinski definition) is 5. The largest absolute Gasteiger partial charge is 0.360 e. The number of aromatic nitrogens is 3. The van der Waals surface area contributed by atoms with Gasteiger partial charge >= 0.3 is 0 Å². The third-order valence-electron chi connectivity index (χ3n) is 5.00. The molecular formula is C18H25N5O3. The van der Waals surface area contributed by atoms with E-state index in [1.165, 1.54) is 11.7 Å². The Hall–Kier alpha value is -2.64. The van der Waals surface area contributed by atoms with Gasteiger partial charge in [0.25, 0.3) is 11.8 Å². The molecule has 0 bridgehead atoms. The molecule has 0 spiro atoms. The molecule has 0 radical (unpaired) electrons. The molecule has 0 saturated carbocycles. The van der Waals surface area contributed by atoms with E-state index in [0.29, 0.717) is 17.3 Å². The maximum absolute atomic E-state index is 12.8. The normalized spacial score (nSPS) is 16.9. The summed E-state index contributed by atoms with van der Waals surface area (Å²) in [5, 5.41) is 13.4. The summed E-state index contributed by atoms with van der Waals surface area (Å²) in [6.45, 7) is 6.63. The van der Waals surface area contributed by atoms with Crippen molar-refractivity contribution in [2.24, 2.45) is 18.4 Å². The molecule has 0 aromatic carbocycles. The van der Waals surface area contributed by atoms with E-state index in [0.717, 1.165) is 30.6 Å². The van der Waals surface area contributed by atoms with Crippen molar-refractivity contribution in [3.8, 4) is 0 Å². The van der Waals surface area contributed by atoms with Gasteiger partial charge in [0.1, 0.15) is 5.76 Å². The number of aryl methyl sites for hydroxylation is 2. The first-order valence-electron chi connectivity index (χ1n) is 8.75. The van der Waals surface area contributed by atoms with E-state index >= 15 is 0 Å². The average molecular weight is 359 g/mol. The van der Waals surface area contributed by atoms with Gasteiger partial charge in [-0.05, 0) is 24.2 Å². The predicted molar refractivity (Wildman–Crippen MR) is 96.0 cm³/mol. The van der Waals surface area contributed by atoms with Crippen molar-refractivity contribution in [2.75, 3.05) is 12.4 Å². The van der Waals surface area contributed by atoms with Crippen molar-refractivity contribution in [1.29, 1.82) is 0 Å². The monoisotopic (exact) mass is 359 g/mol. The zero-order valence-electron chi connectivity index (χ0n) is 15.8. The van der Waals surface area contributed by atoms with Gasteiger partial charge in [-0.25, -0.2) is 0 Å². The van der Waals surface area contributed by atoms with Crippen LogP contribution in [0.3, 0.4) is 0 Å². The molecule has 140 valence electrons. The van der Waals surface area contributed by atoms with Gasteiger partial charge in [-0.15, -0.1) is 0 Å². The number of anilines is 1. The van der Waals surface area contributed by atoms with Crippen LogP contribution in [-0.2, 0) is 19.9 Å². The minimum atomic E-state index is -0.386. The molecule has 8 heteroatoms. The maximum atomic E-state index is 12.8. The van der Waals surface area contributed by atoms with Crippen LogP contribution in [0.2, 0.25) is 0 Å². The first kappa shape index (κ1) is 18.2. The second-order valence-corrected chi connectivity index (χ2v) is 7.84. The first-order chi connectivity index (χ1) is 12.2. The van der Waals surface area contributed by atoms with Crippen LogP contribution in [0.25, 0.3) is 0 Å². The maximum Gasteiger partial charge on any atom is 0.278 e. The molecular weight excluding hydrogens is 334 g/mol. The summed E-state index contributed by atoms with van der Waals surface area (Å²) in [6, 6.07) is 0. The molecule has 8 nitrogen and oxygen atoms in total. The molecule has 2 amide bonds. The number of carbonyl (C=O) groups excluding carboxylic acids is 2. The van der Waals surface area contributed by atoms with Crippen LogP contribution >= 0.6 is 0 Å². The van der Waals surface area contributed by atoms with Gasteiger partial charge in [0, 0.05) is 32.3 Å². The van der Waals surface area contributed by atoms with Gasteiger partial charge in [-0.3, -0.25) is 14.3 Å². The number of nitrogens with zero attached hydrogens (tertiary/aromatic N) is 3. The number of fused-ring (bicyclic) bond motifs is 1. The summed E-state index contributed by atoms with van der Waals surface area (Å²) in [5.74, 6) is 0.493. The van der Waals surface area contributed by atoms with E-state index in [1.807, 2.05) is 0 Å². The lowest BCUT2D eigenvalue weighted by Gasteiger charge is -2.33. The van der Waals surface area contributed by atoms with E-state index in [1.54, 1.807) is 13.2 Å². The average Bonchev–Trinajstić information content (AvgIpc) is 3.16. The Morgan fingerprint density at radius 2 is 2.00 bits per heavy atom. The van der Waals surface area contributed by atoms with Crippen LogP contribution in [0.4, 0.5) is 5.69 Å². The third kappa shape index (κ3) is 3.36. The molecule has 0 aliphatic heterocycles. The summed E-state index contributed by atoms with van der Waals surface area (Å²) >= 11 is 0. The van der Waals surface area contributed by atoms with Crippen molar-refractivity contribution in [2.45, 2.75) is 40.0 Å². The minimum Gasteiger partial charge on any atom is -0.360 e. The van der Waals surface area contributed by atoms with Gasteiger partial charge in [0.2, 0.25) is 0 Å². The van der Waals surface area contributed by atoms with Crippen molar-refractivity contribution >= 4 is 17.5 Å². The molecule has 26 heavy (non-hydrogen) atoms. The fraction of sp³-hybridized carbons (Fsp3) is 0.556. The smallest absolute Gasteiger partial charge is 0.278 e. The zero-order valence-corrected chi connectivity index (χ0v) is 15.8. The number of rotatable bonds is 3. The van der Waals surface area contributed by atoms with Crippen molar-refractivity contribution in [1.82, 2.24) is 20.3 Å². The molecule has 2 N–H and O–H groups in total. The Balaban J connectivity index is 1.85. The summed E-state index contributed by atoms with van der Waals surface area (Å²) in [4.78, 5) is 24.7. The quantitative estimate of drug-likeness (QED) is 0.874. The van der Waals surface area contributed by atoms with Gasteiger partial charge < -0.3 is 15.2 Å². The van der Waals surface area contributed by atoms with Gasteiger partial charge in [-0.2, -0.15) is 5.10 Å². The van der Waals surface area contributed by atoms with Crippen LogP contribution in [0.1, 0.15) is 59.5 Å². The lowest BCUT2D eigenvalue weighted by molar-refractivity contribution is 0.0958. The summed E-state index contributed by atoms with van der Waals surface area (Å²) < 4.78 is 6.88. The molecule has 3 rings (SSSR count). The zero-order chi connectivity index (χ0) is 19.1.